The summed E-state index contributed by atoms with van der Waals surface area (Å²) in [6, 6.07) is 8.34. The van der Waals surface area contributed by atoms with Crippen molar-refractivity contribution in [3.63, 3.8) is 0 Å². The van der Waals surface area contributed by atoms with Gasteiger partial charge in [0.15, 0.2) is 0 Å². The number of benzene rings is 1. The van der Waals surface area contributed by atoms with Gasteiger partial charge in [-0.05, 0) is 34.1 Å². The number of amides is 1. The minimum absolute atomic E-state index is 0.248. The third-order valence-corrected chi connectivity index (χ3v) is 3.81. The van der Waals surface area contributed by atoms with Crippen LogP contribution in [0.4, 0.5) is 5.69 Å². The molecule has 0 radical (unpaired) electrons. The smallest absolute Gasteiger partial charge is 0.325 e. The van der Waals surface area contributed by atoms with Gasteiger partial charge in [-0.25, -0.2) is 4.98 Å². The van der Waals surface area contributed by atoms with Gasteiger partial charge in [0.1, 0.15) is 22.6 Å². The van der Waals surface area contributed by atoms with Crippen LogP contribution in [0.5, 0.6) is 5.75 Å². The van der Waals surface area contributed by atoms with E-state index in [1.807, 2.05) is 0 Å². The van der Waals surface area contributed by atoms with Gasteiger partial charge in [0.2, 0.25) is 0 Å². The molecule has 2 heterocycles. The summed E-state index contributed by atoms with van der Waals surface area (Å²) in [6.07, 6.45) is 1.59. The van der Waals surface area contributed by atoms with Crippen molar-refractivity contribution in [2.24, 2.45) is 0 Å². The molecule has 0 bridgehead atoms. The van der Waals surface area contributed by atoms with Crippen molar-refractivity contribution in [2.75, 3.05) is 12.4 Å². The van der Waals surface area contributed by atoms with Crippen molar-refractivity contribution >= 4 is 44.4 Å². The van der Waals surface area contributed by atoms with Crippen LogP contribution < -0.4 is 10.1 Å². The lowest BCUT2D eigenvalue weighted by atomic mass is 10.2. The van der Waals surface area contributed by atoms with E-state index in [4.69, 9.17) is 9.84 Å². The first-order valence-electron chi connectivity index (χ1n) is 7.17. The number of hydrogen-bond acceptors (Lipinski definition) is 5. The Balaban J connectivity index is 1.94. The molecular formula is C16H13BrN4O4. The molecule has 25 heavy (non-hydrogen) atoms. The number of carboxylic acid groups (broad SMARTS) is 1. The zero-order valence-corrected chi connectivity index (χ0v) is 14.6. The van der Waals surface area contributed by atoms with E-state index in [2.05, 4.69) is 31.3 Å². The summed E-state index contributed by atoms with van der Waals surface area (Å²) in [5.41, 5.74) is 1.26. The molecule has 8 nitrogen and oxygen atoms in total. The molecule has 3 rings (SSSR count). The molecule has 1 aromatic carbocycles. The molecule has 9 heteroatoms. The number of aromatic nitrogens is 3. The lowest BCUT2D eigenvalue weighted by Crippen LogP contribution is -2.14. The first kappa shape index (κ1) is 16.9. The van der Waals surface area contributed by atoms with Crippen molar-refractivity contribution in [1.82, 2.24) is 14.8 Å². The molecular weight excluding hydrogens is 392 g/mol. The number of fused-ring (bicyclic) bond motifs is 1. The number of ether oxygens (including phenoxy) is 1. The Labute approximate surface area is 150 Å². The normalized spacial score (nSPS) is 10.6. The SMILES string of the molecule is COc1cc2nn(CC(=O)O)cc2cc1NC(=O)c1cccc(Br)n1. The van der Waals surface area contributed by atoms with Crippen LogP contribution in [-0.2, 0) is 11.3 Å². The fourth-order valence-corrected chi connectivity index (χ4v) is 2.65. The topological polar surface area (TPSA) is 106 Å². The van der Waals surface area contributed by atoms with Crippen molar-refractivity contribution in [2.45, 2.75) is 6.54 Å². The maximum Gasteiger partial charge on any atom is 0.325 e. The van der Waals surface area contributed by atoms with Gasteiger partial charge >= 0.3 is 5.97 Å². The van der Waals surface area contributed by atoms with Crippen LogP contribution in [-0.4, -0.2) is 38.9 Å². The largest absolute Gasteiger partial charge is 0.494 e. The molecule has 2 N–H and O–H groups in total. The number of carbonyl (C=O) groups excluding carboxylic acids is 1. The van der Waals surface area contributed by atoms with Crippen LogP contribution in [0, 0.1) is 0 Å². The zero-order chi connectivity index (χ0) is 18.0. The monoisotopic (exact) mass is 404 g/mol. The van der Waals surface area contributed by atoms with Crippen LogP contribution >= 0.6 is 15.9 Å². The molecule has 3 aromatic rings. The van der Waals surface area contributed by atoms with Gasteiger partial charge in [0.05, 0.1) is 18.3 Å². The Bertz CT molecular complexity index is 970. The number of carboxylic acids is 1. The zero-order valence-electron chi connectivity index (χ0n) is 13.1. The number of aliphatic carboxylic acids is 1. The molecule has 0 aliphatic carbocycles. The number of nitrogens with zero attached hydrogens (tertiary/aromatic N) is 3. The van der Waals surface area contributed by atoms with Crippen molar-refractivity contribution in [3.05, 3.63) is 46.8 Å². The molecule has 0 atom stereocenters. The highest BCUT2D eigenvalue weighted by Crippen LogP contribution is 2.30. The van der Waals surface area contributed by atoms with Gasteiger partial charge in [-0.2, -0.15) is 5.10 Å². The summed E-state index contributed by atoms with van der Waals surface area (Å²) in [6.45, 7) is -0.249. The molecule has 1 amide bonds. The third kappa shape index (κ3) is 3.77. The fraction of sp³-hybridized carbons (Fsp3) is 0.125. The summed E-state index contributed by atoms with van der Waals surface area (Å²) in [7, 11) is 1.47. The Morgan fingerprint density at radius 3 is 2.84 bits per heavy atom. The molecule has 0 aliphatic rings. The summed E-state index contributed by atoms with van der Waals surface area (Å²) in [4.78, 5) is 27.3. The van der Waals surface area contributed by atoms with E-state index >= 15 is 0 Å². The Kier molecular flexibility index (Phi) is 4.66. The van der Waals surface area contributed by atoms with E-state index in [0.29, 0.717) is 26.9 Å². The molecule has 0 saturated carbocycles. The van der Waals surface area contributed by atoms with Crippen LogP contribution in [0.3, 0.4) is 0 Å². The number of hydrogen-bond donors (Lipinski definition) is 2. The number of pyridine rings is 1. The molecule has 0 aliphatic heterocycles. The Morgan fingerprint density at radius 1 is 1.36 bits per heavy atom. The van der Waals surface area contributed by atoms with Gasteiger partial charge in [-0.15, -0.1) is 0 Å². The first-order valence-corrected chi connectivity index (χ1v) is 7.96. The van der Waals surface area contributed by atoms with Crippen molar-refractivity contribution < 1.29 is 19.4 Å². The predicted molar refractivity (Wildman–Crippen MR) is 93.8 cm³/mol. The Hall–Kier alpha value is -2.94. The van der Waals surface area contributed by atoms with E-state index in [1.54, 1.807) is 36.5 Å². The van der Waals surface area contributed by atoms with E-state index in [1.165, 1.54) is 11.8 Å². The van der Waals surface area contributed by atoms with Crippen molar-refractivity contribution in [3.8, 4) is 5.75 Å². The predicted octanol–water partition coefficient (Wildman–Crippen LogP) is 2.54. The second-order valence-electron chi connectivity index (χ2n) is 5.13. The van der Waals surface area contributed by atoms with Crippen LogP contribution in [0.15, 0.2) is 41.1 Å². The second kappa shape index (κ2) is 6.89. The van der Waals surface area contributed by atoms with E-state index in [9.17, 15) is 9.59 Å². The minimum Gasteiger partial charge on any atom is -0.494 e. The number of rotatable bonds is 5. The lowest BCUT2D eigenvalue weighted by molar-refractivity contribution is -0.137. The summed E-state index contributed by atoms with van der Waals surface area (Å²) in [5, 5.41) is 16.5. The average Bonchev–Trinajstić information content (AvgIpc) is 2.94. The van der Waals surface area contributed by atoms with Crippen LogP contribution in [0.2, 0.25) is 0 Å². The second-order valence-corrected chi connectivity index (χ2v) is 5.94. The molecule has 0 unspecified atom stereocenters. The number of carbonyl (C=O) groups is 2. The maximum atomic E-state index is 12.4. The van der Waals surface area contributed by atoms with E-state index in [-0.39, 0.29) is 12.2 Å². The fourth-order valence-electron chi connectivity index (χ4n) is 2.31. The summed E-state index contributed by atoms with van der Waals surface area (Å²) in [5.74, 6) is -0.970. The van der Waals surface area contributed by atoms with Gasteiger partial charge < -0.3 is 15.2 Å². The van der Waals surface area contributed by atoms with E-state index in [0.717, 1.165) is 0 Å². The molecule has 0 spiro atoms. The first-order chi connectivity index (χ1) is 12.0. The van der Waals surface area contributed by atoms with Gasteiger partial charge in [0, 0.05) is 17.6 Å². The molecule has 2 aromatic heterocycles. The Morgan fingerprint density at radius 2 is 2.16 bits per heavy atom. The number of methoxy groups -OCH3 is 1. The number of anilines is 1. The van der Waals surface area contributed by atoms with Crippen LogP contribution in [0.1, 0.15) is 10.5 Å². The van der Waals surface area contributed by atoms with Gasteiger partial charge in [-0.3, -0.25) is 14.3 Å². The minimum atomic E-state index is -0.992. The third-order valence-electron chi connectivity index (χ3n) is 3.37. The standard InChI is InChI=1S/C16H13BrN4O4/c1-25-13-6-11-9(7-21(20-11)8-15(22)23)5-12(13)19-16(24)10-3-2-4-14(17)18-10/h2-7H,8H2,1H3,(H,19,24)(H,22,23). The van der Waals surface area contributed by atoms with E-state index < -0.39 is 11.9 Å². The highest BCUT2D eigenvalue weighted by atomic mass is 79.9. The van der Waals surface area contributed by atoms with Gasteiger partial charge in [0.25, 0.3) is 5.91 Å². The maximum absolute atomic E-state index is 12.4. The summed E-state index contributed by atoms with van der Waals surface area (Å²) < 4.78 is 7.16. The van der Waals surface area contributed by atoms with Crippen molar-refractivity contribution in [1.29, 1.82) is 0 Å². The quantitative estimate of drug-likeness (QED) is 0.632. The number of nitrogens with one attached hydrogen (secondary N) is 1. The molecule has 0 saturated heterocycles. The van der Waals surface area contributed by atoms with Gasteiger partial charge in [-0.1, -0.05) is 6.07 Å². The summed E-state index contributed by atoms with van der Waals surface area (Å²) >= 11 is 3.22. The lowest BCUT2D eigenvalue weighted by Gasteiger charge is -2.10. The molecule has 128 valence electrons. The number of halogens is 1. The van der Waals surface area contributed by atoms with Crippen LogP contribution in [0.25, 0.3) is 10.9 Å². The highest BCUT2D eigenvalue weighted by Gasteiger charge is 2.14. The molecule has 0 fully saturated rings. The highest BCUT2D eigenvalue weighted by molar-refractivity contribution is 9.10. The average molecular weight is 405 g/mol.